The highest BCUT2D eigenvalue weighted by Crippen LogP contribution is 2.32. The third kappa shape index (κ3) is 5.66. The Balaban J connectivity index is 1.37. The summed E-state index contributed by atoms with van der Waals surface area (Å²) < 4.78 is 0. The Labute approximate surface area is 180 Å². The number of hydrogen-bond acceptors (Lipinski definition) is 4. The molecule has 0 radical (unpaired) electrons. The summed E-state index contributed by atoms with van der Waals surface area (Å²) in [5, 5.41) is 3.37. The number of piperidine rings is 1. The van der Waals surface area contributed by atoms with Crippen LogP contribution in [0.15, 0.2) is 42.6 Å². The Bertz CT molecular complexity index is 811. The number of amides is 1. The second-order valence-corrected chi connectivity index (χ2v) is 9.04. The molecule has 0 bridgehead atoms. The largest absolute Gasteiger partial charge is 0.347 e. The first-order valence-corrected chi connectivity index (χ1v) is 11.5. The molecule has 0 unspecified atom stereocenters. The van der Waals surface area contributed by atoms with E-state index in [0.717, 1.165) is 49.6 Å². The smallest absolute Gasteiger partial charge is 0.220 e. The average molecular weight is 407 g/mol. The minimum atomic E-state index is 0.0133. The molecule has 3 heterocycles. The maximum Gasteiger partial charge on any atom is 0.220 e. The zero-order valence-corrected chi connectivity index (χ0v) is 18.1. The van der Waals surface area contributed by atoms with Crippen LogP contribution in [-0.4, -0.2) is 33.9 Å². The highest BCUT2D eigenvalue weighted by molar-refractivity contribution is 5.76. The van der Waals surface area contributed by atoms with Crippen molar-refractivity contribution >= 4 is 5.91 Å². The van der Waals surface area contributed by atoms with Gasteiger partial charge in [-0.3, -0.25) is 19.7 Å². The molecule has 2 aliphatic rings. The van der Waals surface area contributed by atoms with Crippen LogP contribution >= 0.6 is 0 Å². The van der Waals surface area contributed by atoms with Crippen molar-refractivity contribution in [3.8, 4) is 0 Å². The van der Waals surface area contributed by atoms with Crippen LogP contribution in [0.1, 0.15) is 68.1 Å². The third-order valence-corrected chi connectivity index (χ3v) is 6.71. The van der Waals surface area contributed by atoms with Crippen molar-refractivity contribution in [1.82, 2.24) is 20.2 Å². The normalized spacial score (nSPS) is 19.6. The molecule has 2 aromatic heterocycles. The minimum absolute atomic E-state index is 0.0133. The van der Waals surface area contributed by atoms with Crippen molar-refractivity contribution in [2.24, 2.45) is 11.8 Å². The second kappa shape index (κ2) is 10.2. The summed E-state index contributed by atoms with van der Waals surface area (Å²) in [6, 6.07) is 12.3. The standard InChI is InChI=1S/C25H34N4O/c1-19-7-6-10-22(27-19)18-29-15-12-21(13-16-29)25(23-11-4-5-14-26-23)28-24(30)17-20-8-2-3-9-20/h4-7,10-11,14,20-21,25H,2-3,8-9,12-13,15-18H2,1H3,(H,28,30)/t25-/m0/s1. The molecule has 2 aromatic rings. The predicted octanol–water partition coefficient (Wildman–Crippen LogP) is 4.43. The first-order valence-electron chi connectivity index (χ1n) is 11.5. The second-order valence-electron chi connectivity index (χ2n) is 9.04. The van der Waals surface area contributed by atoms with Crippen molar-refractivity contribution in [1.29, 1.82) is 0 Å². The fourth-order valence-corrected chi connectivity index (χ4v) is 5.06. The number of nitrogens with one attached hydrogen (secondary N) is 1. The van der Waals surface area contributed by atoms with Gasteiger partial charge in [-0.1, -0.05) is 25.0 Å². The Morgan fingerprint density at radius 2 is 1.90 bits per heavy atom. The zero-order valence-electron chi connectivity index (χ0n) is 18.1. The van der Waals surface area contributed by atoms with E-state index in [9.17, 15) is 4.79 Å². The van der Waals surface area contributed by atoms with Gasteiger partial charge in [0.25, 0.3) is 0 Å². The van der Waals surface area contributed by atoms with E-state index in [2.05, 4.69) is 38.4 Å². The molecule has 2 fully saturated rings. The van der Waals surface area contributed by atoms with Crippen molar-refractivity contribution in [3.05, 3.63) is 59.7 Å². The summed E-state index contributed by atoms with van der Waals surface area (Å²) in [6.45, 7) is 5.00. The first kappa shape index (κ1) is 21.0. The van der Waals surface area contributed by atoms with Crippen molar-refractivity contribution in [3.63, 3.8) is 0 Å². The number of aromatic nitrogens is 2. The number of nitrogens with zero attached hydrogens (tertiary/aromatic N) is 3. The lowest BCUT2D eigenvalue weighted by Crippen LogP contribution is -2.41. The highest BCUT2D eigenvalue weighted by atomic mass is 16.1. The van der Waals surface area contributed by atoms with Gasteiger partial charge >= 0.3 is 0 Å². The molecule has 1 aliphatic carbocycles. The Morgan fingerprint density at radius 1 is 1.10 bits per heavy atom. The number of hydrogen-bond donors (Lipinski definition) is 1. The molecule has 1 atom stereocenters. The van der Waals surface area contributed by atoms with Gasteiger partial charge in [-0.05, 0) is 81.8 Å². The topological polar surface area (TPSA) is 58.1 Å². The Kier molecular flexibility index (Phi) is 7.11. The lowest BCUT2D eigenvalue weighted by Gasteiger charge is -2.36. The molecule has 0 aromatic carbocycles. The zero-order chi connectivity index (χ0) is 20.8. The fourth-order valence-electron chi connectivity index (χ4n) is 5.06. The van der Waals surface area contributed by atoms with Crippen LogP contribution < -0.4 is 5.32 Å². The average Bonchev–Trinajstić information content (AvgIpc) is 3.26. The van der Waals surface area contributed by atoms with Crippen LogP contribution in [0.5, 0.6) is 0 Å². The van der Waals surface area contributed by atoms with E-state index in [0.29, 0.717) is 18.3 Å². The lowest BCUT2D eigenvalue weighted by molar-refractivity contribution is -0.123. The van der Waals surface area contributed by atoms with E-state index < -0.39 is 0 Å². The molecule has 1 aliphatic heterocycles. The van der Waals surface area contributed by atoms with Crippen LogP contribution in [0.2, 0.25) is 0 Å². The number of aryl methyl sites for hydroxylation is 1. The van der Waals surface area contributed by atoms with E-state index in [4.69, 9.17) is 0 Å². The van der Waals surface area contributed by atoms with Gasteiger partial charge in [-0.25, -0.2) is 0 Å². The Morgan fingerprint density at radius 3 is 2.60 bits per heavy atom. The molecular weight excluding hydrogens is 372 g/mol. The molecule has 0 spiro atoms. The lowest BCUT2D eigenvalue weighted by atomic mass is 9.87. The summed E-state index contributed by atoms with van der Waals surface area (Å²) >= 11 is 0. The number of carbonyl (C=O) groups excluding carboxylic acids is 1. The molecule has 1 N–H and O–H groups in total. The summed E-state index contributed by atoms with van der Waals surface area (Å²) in [6.07, 6.45) is 9.59. The van der Waals surface area contributed by atoms with Gasteiger partial charge in [0.2, 0.25) is 5.91 Å². The molecule has 1 amide bonds. The van der Waals surface area contributed by atoms with Gasteiger partial charge in [0.1, 0.15) is 0 Å². The first-order chi connectivity index (χ1) is 14.7. The van der Waals surface area contributed by atoms with Crippen LogP contribution in [0.3, 0.4) is 0 Å². The summed E-state index contributed by atoms with van der Waals surface area (Å²) in [5.41, 5.74) is 3.21. The molecular formula is C25H34N4O. The van der Waals surface area contributed by atoms with E-state index in [1.165, 1.54) is 25.7 Å². The maximum absolute atomic E-state index is 12.8. The van der Waals surface area contributed by atoms with Gasteiger partial charge in [-0.15, -0.1) is 0 Å². The van der Waals surface area contributed by atoms with Crippen LogP contribution in [0.4, 0.5) is 0 Å². The van der Waals surface area contributed by atoms with Crippen molar-refractivity contribution < 1.29 is 4.79 Å². The van der Waals surface area contributed by atoms with Crippen LogP contribution in [-0.2, 0) is 11.3 Å². The van der Waals surface area contributed by atoms with E-state index in [1.54, 1.807) is 0 Å². The summed E-state index contributed by atoms with van der Waals surface area (Å²) in [7, 11) is 0. The van der Waals surface area contributed by atoms with Crippen LogP contribution in [0.25, 0.3) is 0 Å². The molecule has 5 heteroatoms. The van der Waals surface area contributed by atoms with E-state index >= 15 is 0 Å². The number of carbonyl (C=O) groups is 1. The molecule has 160 valence electrons. The van der Waals surface area contributed by atoms with Crippen molar-refractivity contribution in [2.75, 3.05) is 13.1 Å². The Hall–Kier alpha value is -2.27. The highest BCUT2D eigenvalue weighted by Gasteiger charge is 2.30. The van der Waals surface area contributed by atoms with E-state index in [-0.39, 0.29) is 11.9 Å². The van der Waals surface area contributed by atoms with Gasteiger partial charge in [0, 0.05) is 24.9 Å². The molecule has 1 saturated carbocycles. The predicted molar refractivity (Wildman–Crippen MR) is 119 cm³/mol. The van der Waals surface area contributed by atoms with Gasteiger partial charge in [-0.2, -0.15) is 0 Å². The minimum Gasteiger partial charge on any atom is -0.347 e. The van der Waals surface area contributed by atoms with Gasteiger partial charge < -0.3 is 5.32 Å². The monoisotopic (exact) mass is 406 g/mol. The number of rotatable bonds is 7. The summed E-state index contributed by atoms with van der Waals surface area (Å²) in [5.74, 6) is 1.19. The molecule has 4 rings (SSSR count). The fraction of sp³-hybridized carbons (Fsp3) is 0.560. The number of pyridine rings is 2. The SMILES string of the molecule is Cc1cccc(CN2CCC([C@H](NC(=O)CC3CCCC3)c3ccccn3)CC2)n1. The third-order valence-electron chi connectivity index (χ3n) is 6.71. The molecule has 5 nitrogen and oxygen atoms in total. The van der Waals surface area contributed by atoms with E-state index in [1.807, 2.05) is 31.3 Å². The molecule has 1 saturated heterocycles. The summed E-state index contributed by atoms with van der Waals surface area (Å²) in [4.78, 5) is 24.5. The quantitative estimate of drug-likeness (QED) is 0.739. The van der Waals surface area contributed by atoms with Gasteiger partial charge in [0.15, 0.2) is 0 Å². The van der Waals surface area contributed by atoms with Gasteiger partial charge in [0.05, 0.1) is 17.4 Å². The molecule has 30 heavy (non-hydrogen) atoms. The van der Waals surface area contributed by atoms with Crippen molar-refractivity contribution in [2.45, 2.75) is 64.5 Å². The van der Waals surface area contributed by atoms with Crippen LogP contribution in [0, 0.1) is 18.8 Å². The number of likely N-dealkylation sites (tertiary alicyclic amines) is 1. The maximum atomic E-state index is 12.8.